The highest BCUT2D eigenvalue weighted by atomic mass is 79.9. The van der Waals surface area contributed by atoms with Crippen LogP contribution < -0.4 is 5.32 Å². The highest BCUT2D eigenvalue weighted by Crippen LogP contribution is 2.33. The van der Waals surface area contributed by atoms with Gasteiger partial charge in [0.15, 0.2) is 0 Å². The first-order valence-electron chi connectivity index (χ1n) is 7.14. The Hall–Kier alpha value is -0.410. The van der Waals surface area contributed by atoms with Gasteiger partial charge in [0, 0.05) is 17.1 Å². The first kappa shape index (κ1) is 15.0. The van der Waals surface area contributed by atoms with E-state index < -0.39 is 0 Å². The lowest BCUT2D eigenvalue weighted by atomic mass is 9.85. The third kappa shape index (κ3) is 4.57. The van der Waals surface area contributed by atoms with Crippen LogP contribution >= 0.6 is 15.9 Å². The Morgan fingerprint density at radius 1 is 1.32 bits per heavy atom. The highest BCUT2D eigenvalue weighted by molar-refractivity contribution is 9.10. The Balaban J connectivity index is 1.90. The molecule has 0 amide bonds. The number of hydrogen-bond donors (Lipinski definition) is 1. The van der Waals surface area contributed by atoms with E-state index in [-0.39, 0.29) is 5.82 Å². The van der Waals surface area contributed by atoms with Gasteiger partial charge in [-0.3, -0.25) is 0 Å². The molecule has 1 aromatic rings. The van der Waals surface area contributed by atoms with E-state index in [1.165, 1.54) is 38.2 Å². The quantitative estimate of drug-likeness (QED) is 0.767. The molecule has 1 aromatic carbocycles. The summed E-state index contributed by atoms with van der Waals surface area (Å²) in [6.45, 7) is 5.46. The summed E-state index contributed by atoms with van der Waals surface area (Å²) in [5, 5.41) is 3.59. The van der Waals surface area contributed by atoms with Gasteiger partial charge in [-0.2, -0.15) is 0 Å². The van der Waals surface area contributed by atoms with Crippen molar-refractivity contribution in [1.29, 1.82) is 0 Å². The molecule has 1 saturated carbocycles. The molecular formula is C16H23BrFN. The molecule has 3 heteroatoms. The van der Waals surface area contributed by atoms with Crippen molar-refractivity contribution in [3.8, 4) is 0 Å². The number of hydrogen-bond acceptors (Lipinski definition) is 1. The molecule has 19 heavy (non-hydrogen) atoms. The van der Waals surface area contributed by atoms with E-state index in [0.29, 0.717) is 11.5 Å². The summed E-state index contributed by atoms with van der Waals surface area (Å²) in [5.74, 6) is -0.165. The second-order valence-corrected chi connectivity index (χ2v) is 7.26. The summed E-state index contributed by atoms with van der Waals surface area (Å²) >= 11 is 3.48. The van der Waals surface area contributed by atoms with Gasteiger partial charge in [-0.15, -0.1) is 0 Å². The number of rotatable bonds is 3. The van der Waals surface area contributed by atoms with E-state index in [0.717, 1.165) is 16.6 Å². The lowest BCUT2D eigenvalue weighted by molar-refractivity contribution is 0.309. The molecule has 1 aliphatic carbocycles. The number of benzene rings is 1. The van der Waals surface area contributed by atoms with Crippen molar-refractivity contribution in [2.24, 2.45) is 5.41 Å². The second-order valence-electron chi connectivity index (χ2n) is 6.41. The predicted molar refractivity (Wildman–Crippen MR) is 81.6 cm³/mol. The van der Waals surface area contributed by atoms with Crippen LogP contribution in [0.25, 0.3) is 0 Å². The Bertz CT molecular complexity index is 431. The van der Waals surface area contributed by atoms with E-state index in [1.807, 2.05) is 0 Å². The minimum Gasteiger partial charge on any atom is -0.310 e. The van der Waals surface area contributed by atoms with Gasteiger partial charge < -0.3 is 5.32 Å². The van der Waals surface area contributed by atoms with Crippen molar-refractivity contribution in [3.63, 3.8) is 0 Å². The molecule has 0 radical (unpaired) electrons. The average Bonchev–Trinajstić information content (AvgIpc) is 2.52. The summed E-state index contributed by atoms with van der Waals surface area (Å²) < 4.78 is 14.2. The maximum absolute atomic E-state index is 13.2. The lowest BCUT2D eigenvalue weighted by Gasteiger charge is -2.22. The smallest absolute Gasteiger partial charge is 0.123 e. The van der Waals surface area contributed by atoms with Crippen molar-refractivity contribution in [2.75, 3.05) is 0 Å². The zero-order valence-electron chi connectivity index (χ0n) is 11.8. The predicted octanol–water partition coefficient (Wildman–Crippen LogP) is 5.04. The van der Waals surface area contributed by atoms with Crippen LogP contribution in [0.5, 0.6) is 0 Å². The molecule has 0 bridgehead atoms. The van der Waals surface area contributed by atoms with Crippen LogP contribution in [0.3, 0.4) is 0 Å². The van der Waals surface area contributed by atoms with Crippen LogP contribution in [0.2, 0.25) is 0 Å². The average molecular weight is 328 g/mol. The topological polar surface area (TPSA) is 12.0 Å². The van der Waals surface area contributed by atoms with E-state index in [2.05, 4.69) is 35.1 Å². The summed E-state index contributed by atoms with van der Waals surface area (Å²) in [4.78, 5) is 0. The zero-order valence-corrected chi connectivity index (χ0v) is 13.4. The van der Waals surface area contributed by atoms with E-state index >= 15 is 0 Å². The first-order valence-corrected chi connectivity index (χ1v) is 7.93. The molecule has 1 fully saturated rings. The Kier molecular flexibility index (Phi) is 5.02. The van der Waals surface area contributed by atoms with Gasteiger partial charge in [0.2, 0.25) is 0 Å². The third-order valence-corrected chi connectivity index (χ3v) is 4.94. The largest absolute Gasteiger partial charge is 0.310 e. The molecular weight excluding hydrogens is 305 g/mol. The van der Waals surface area contributed by atoms with Gasteiger partial charge >= 0.3 is 0 Å². The molecule has 1 unspecified atom stereocenters. The Morgan fingerprint density at radius 3 is 2.89 bits per heavy atom. The zero-order chi connectivity index (χ0) is 13.9. The molecule has 1 N–H and O–H groups in total. The summed E-state index contributed by atoms with van der Waals surface area (Å²) in [5.41, 5.74) is 1.49. The Labute approximate surface area is 124 Å². The van der Waals surface area contributed by atoms with E-state index in [4.69, 9.17) is 0 Å². The van der Waals surface area contributed by atoms with Gasteiger partial charge in [-0.25, -0.2) is 4.39 Å². The monoisotopic (exact) mass is 327 g/mol. The van der Waals surface area contributed by atoms with Crippen LogP contribution in [0.15, 0.2) is 22.7 Å². The number of nitrogens with one attached hydrogen (secondary N) is 1. The van der Waals surface area contributed by atoms with E-state index in [9.17, 15) is 4.39 Å². The fourth-order valence-electron chi connectivity index (χ4n) is 2.80. The molecule has 1 aliphatic rings. The van der Waals surface area contributed by atoms with Crippen LogP contribution in [-0.2, 0) is 6.54 Å². The van der Waals surface area contributed by atoms with Crippen molar-refractivity contribution in [1.82, 2.24) is 5.32 Å². The molecule has 0 saturated heterocycles. The van der Waals surface area contributed by atoms with Crippen molar-refractivity contribution in [3.05, 3.63) is 34.1 Å². The number of halogens is 2. The first-order chi connectivity index (χ1) is 8.96. The second kappa shape index (κ2) is 6.36. The fourth-order valence-corrected chi connectivity index (χ4v) is 3.19. The summed E-state index contributed by atoms with van der Waals surface area (Å²) in [6.07, 6.45) is 6.33. The van der Waals surface area contributed by atoms with Gasteiger partial charge in [0.05, 0.1) is 0 Å². The van der Waals surface area contributed by atoms with Gasteiger partial charge in [-0.1, -0.05) is 36.2 Å². The standard InChI is InChI=1S/C16H23BrFN/c1-16(2)8-3-4-14(7-9-16)19-11-12-10-13(18)5-6-15(12)17/h5-6,10,14,19H,3-4,7-9,11H2,1-2H3. The van der Waals surface area contributed by atoms with Crippen LogP contribution in [0.4, 0.5) is 4.39 Å². The van der Waals surface area contributed by atoms with Crippen molar-refractivity contribution >= 4 is 15.9 Å². The third-order valence-electron chi connectivity index (χ3n) is 4.16. The summed E-state index contributed by atoms with van der Waals surface area (Å²) in [6, 6.07) is 5.44. The van der Waals surface area contributed by atoms with Gasteiger partial charge in [0.1, 0.15) is 5.82 Å². The van der Waals surface area contributed by atoms with Crippen LogP contribution in [-0.4, -0.2) is 6.04 Å². The molecule has 0 spiro atoms. The molecule has 106 valence electrons. The highest BCUT2D eigenvalue weighted by Gasteiger charge is 2.24. The minimum absolute atomic E-state index is 0.165. The maximum Gasteiger partial charge on any atom is 0.123 e. The van der Waals surface area contributed by atoms with Crippen LogP contribution in [0, 0.1) is 11.2 Å². The fraction of sp³-hybridized carbons (Fsp3) is 0.625. The molecule has 0 heterocycles. The summed E-state index contributed by atoms with van der Waals surface area (Å²) in [7, 11) is 0. The molecule has 1 atom stereocenters. The molecule has 0 aliphatic heterocycles. The van der Waals surface area contributed by atoms with Crippen molar-refractivity contribution in [2.45, 2.75) is 58.5 Å². The lowest BCUT2D eigenvalue weighted by Crippen LogP contribution is -2.28. The van der Waals surface area contributed by atoms with Crippen molar-refractivity contribution < 1.29 is 4.39 Å². The van der Waals surface area contributed by atoms with Gasteiger partial charge in [-0.05, 0) is 54.9 Å². The Morgan fingerprint density at radius 2 is 2.11 bits per heavy atom. The molecule has 2 rings (SSSR count). The van der Waals surface area contributed by atoms with Gasteiger partial charge in [0.25, 0.3) is 0 Å². The molecule has 1 nitrogen and oxygen atoms in total. The SMILES string of the molecule is CC1(C)CCCC(NCc2cc(F)ccc2Br)CC1. The minimum atomic E-state index is -0.165. The normalized spacial score (nSPS) is 23.1. The van der Waals surface area contributed by atoms with E-state index in [1.54, 1.807) is 12.1 Å². The van der Waals surface area contributed by atoms with Crippen LogP contribution in [0.1, 0.15) is 51.5 Å². The maximum atomic E-state index is 13.2. The molecule has 0 aromatic heterocycles.